The van der Waals surface area contributed by atoms with Crippen LogP contribution in [0, 0.1) is 0 Å². The summed E-state index contributed by atoms with van der Waals surface area (Å²) in [6.45, 7) is 4.82. The summed E-state index contributed by atoms with van der Waals surface area (Å²) in [4.78, 5) is 4.41. The first kappa shape index (κ1) is 12.9. The summed E-state index contributed by atoms with van der Waals surface area (Å²) in [6.07, 6.45) is 0.866. The van der Waals surface area contributed by atoms with Gasteiger partial charge < -0.3 is 15.0 Å². The number of aromatic nitrogens is 2. The fourth-order valence-corrected chi connectivity index (χ4v) is 2.58. The quantitative estimate of drug-likeness (QED) is 0.885. The molecule has 1 aromatic rings. The van der Waals surface area contributed by atoms with Gasteiger partial charge in [-0.1, -0.05) is 19.0 Å². The van der Waals surface area contributed by atoms with Crippen LogP contribution in [0.2, 0.25) is 0 Å². The molecule has 5 nitrogen and oxygen atoms in total. The molecule has 1 aliphatic heterocycles. The zero-order chi connectivity index (χ0) is 12.3. The summed E-state index contributed by atoms with van der Waals surface area (Å²) in [5.74, 6) is 3.30. The highest BCUT2D eigenvalue weighted by Gasteiger charge is 2.25. The van der Waals surface area contributed by atoms with Gasteiger partial charge in [-0.2, -0.15) is 16.7 Å². The van der Waals surface area contributed by atoms with Crippen LogP contribution in [-0.2, 0) is 4.74 Å². The first-order valence-corrected chi connectivity index (χ1v) is 7.16. The van der Waals surface area contributed by atoms with Gasteiger partial charge in [-0.15, -0.1) is 0 Å². The van der Waals surface area contributed by atoms with E-state index in [1.165, 1.54) is 0 Å². The largest absolute Gasteiger partial charge is 0.368 e. The molecule has 1 aromatic heterocycles. The van der Waals surface area contributed by atoms with Gasteiger partial charge in [-0.05, 0) is 6.42 Å². The maximum Gasteiger partial charge on any atom is 0.231 e. The first-order chi connectivity index (χ1) is 8.22. The lowest BCUT2D eigenvalue weighted by Crippen LogP contribution is -2.26. The molecule has 17 heavy (non-hydrogen) atoms. The molecule has 1 fully saturated rings. The van der Waals surface area contributed by atoms with Crippen LogP contribution in [0.4, 0.5) is 0 Å². The topological polar surface area (TPSA) is 74.2 Å². The van der Waals surface area contributed by atoms with Gasteiger partial charge >= 0.3 is 0 Å². The summed E-state index contributed by atoms with van der Waals surface area (Å²) in [6, 6.07) is 0.0601. The maximum absolute atomic E-state index is 5.97. The average molecular weight is 257 g/mol. The van der Waals surface area contributed by atoms with Gasteiger partial charge in [0.2, 0.25) is 11.7 Å². The molecule has 96 valence electrons. The van der Waals surface area contributed by atoms with Crippen molar-refractivity contribution in [1.29, 1.82) is 0 Å². The van der Waals surface area contributed by atoms with Crippen LogP contribution < -0.4 is 5.73 Å². The Morgan fingerprint density at radius 2 is 2.41 bits per heavy atom. The van der Waals surface area contributed by atoms with Gasteiger partial charge in [-0.3, -0.25) is 0 Å². The molecule has 0 amide bonds. The van der Waals surface area contributed by atoms with E-state index in [-0.39, 0.29) is 18.1 Å². The third-order valence-electron chi connectivity index (χ3n) is 3.06. The van der Waals surface area contributed by atoms with Crippen molar-refractivity contribution < 1.29 is 9.26 Å². The number of nitrogens with two attached hydrogens (primary N) is 1. The fourth-order valence-electron chi connectivity index (χ4n) is 1.74. The SMILES string of the molecule is CCC(N)C(C)c1nc(C2CSCCO2)no1. The third-order valence-corrected chi connectivity index (χ3v) is 4.06. The van der Waals surface area contributed by atoms with Gasteiger partial charge in [0.05, 0.1) is 12.5 Å². The van der Waals surface area contributed by atoms with Crippen molar-refractivity contribution >= 4 is 11.8 Å². The Bertz CT molecular complexity index is 336. The molecular formula is C11H19N3O2S. The maximum atomic E-state index is 5.97. The number of hydrogen-bond acceptors (Lipinski definition) is 6. The van der Waals surface area contributed by atoms with Crippen LogP contribution in [-0.4, -0.2) is 34.3 Å². The number of rotatable bonds is 4. The lowest BCUT2D eigenvalue weighted by molar-refractivity contribution is 0.0677. The molecule has 2 N–H and O–H groups in total. The normalized spacial score (nSPS) is 24.5. The molecule has 3 unspecified atom stereocenters. The summed E-state index contributed by atoms with van der Waals surface area (Å²) in [5.41, 5.74) is 5.97. The molecule has 0 saturated carbocycles. The van der Waals surface area contributed by atoms with E-state index >= 15 is 0 Å². The van der Waals surface area contributed by atoms with E-state index in [2.05, 4.69) is 17.1 Å². The van der Waals surface area contributed by atoms with Crippen LogP contribution in [0.25, 0.3) is 0 Å². The smallest absolute Gasteiger partial charge is 0.231 e. The second kappa shape index (κ2) is 5.84. The van der Waals surface area contributed by atoms with E-state index in [1.807, 2.05) is 18.7 Å². The van der Waals surface area contributed by atoms with E-state index in [0.717, 1.165) is 24.5 Å². The molecule has 0 bridgehead atoms. The molecule has 3 atom stereocenters. The van der Waals surface area contributed by atoms with Crippen molar-refractivity contribution in [2.75, 3.05) is 18.1 Å². The molecular weight excluding hydrogens is 238 g/mol. The van der Waals surface area contributed by atoms with Crippen molar-refractivity contribution in [2.24, 2.45) is 5.73 Å². The number of nitrogens with zero attached hydrogens (tertiary/aromatic N) is 2. The van der Waals surface area contributed by atoms with Gasteiger partial charge in [0.25, 0.3) is 0 Å². The van der Waals surface area contributed by atoms with Gasteiger partial charge in [0.15, 0.2) is 0 Å². The Balaban J connectivity index is 2.04. The van der Waals surface area contributed by atoms with E-state index in [1.54, 1.807) is 0 Å². The summed E-state index contributed by atoms with van der Waals surface area (Å²) in [5, 5.41) is 4.00. The third kappa shape index (κ3) is 3.00. The predicted molar refractivity (Wildman–Crippen MR) is 67.0 cm³/mol. The number of ether oxygens (including phenoxy) is 1. The molecule has 0 aliphatic carbocycles. The van der Waals surface area contributed by atoms with Crippen molar-refractivity contribution in [3.63, 3.8) is 0 Å². The molecule has 6 heteroatoms. The minimum absolute atomic E-state index is 0.0312. The second-order valence-electron chi connectivity index (χ2n) is 4.29. The molecule has 0 spiro atoms. The minimum Gasteiger partial charge on any atom is -0.368 e. The Kier molecular flexibility index (Phi) is 4.42. The molecule has 0 radical (unpaired) electrons. The van der Waals surface area contributed by atoms with Crippen molar-refractivity contribution in [1.82, 2.24) is 10.1 Å². The number of hydrogen-bond donors (Lipinski definition) is 1. The fraction of sp³-hybridized carbons (Fsp3) is 0.818. The highest BCUT2D eigenvalue weighted by atomic mass is 32.2. The summed E-state index contributed by atoms with van der Waals surface area (Å²) < 4.78 is 10.9. The van der Waals surface area contributed by atoms with Crippen LogP contribution in [0.3, 0.4) is 0 Å². The Labute approximate surface area is 105 Å². The monoisotopic (exact) mass is 257 g/mol. The van der Waals surface area contributed by atoms with Crippen LogP contribution in [0.1, 0.15) is 44.0 Å². The molecule has 1 aliphatic rings. The predicted octanol–water partition coefficient (Wildman–Crippen LogP) is 1.71. The lowest BCUT2D eigenvalue weighted by atomic mass is 10.0. The molecule has 2 heterocycles. The minimum atomic E-state index is -0.0312. The zero-order valence-corrected chi connectivity index (χ0v) is 11.1. The highest BCUT2D eigenvalue weighted by molar-refractivity contribution is 7.99. The second-order valence-corrected chi connectivity index (χ2v) is 5.44. The van der Waals surface area contributed by atoms with Crippen LogP contribution in [0.5, 0.6) is 0 Å². The van der Waals surface area contributed by atoms with Crippen molar-refractivity contribution in [3.8, 4) is 0 Å². The van der Waals surface area contributed by atoms with Gasteiger partial charge in [-0.25, -0.2) is 0 Å². The summed E-state index contributed by atoms with van der Waals surface area (Å²) in [7, 11) is 0. The Morgan fingerprint density at radius 1 is 1.59 bits per heavy atom. The Morgan fingerprint density at radius 3 is 3.06 bits per heavy atom. The first-order valence-electron chi connectivity index (χ1n) is 6.00. The standard InChI is InChI=1S/C11H19N3O2S/c1-3-8(12)7(2)11-13-10(14-16-11)9-6-17-5-4-15-9/h7-9H,3-6,12H2,1-2H3. The van der Waals surface area contributed by atoms with E-state index < -0.39 is 0 Å². The van der Waals surface area contributed by atoms with E-state index in [0.29, 0.717) is 11.7 Å². The van der Waals surface area contributed by atoms with Crippen molar-refractivity contribution in [3.05, 3.63) is 11.7 Å². The average Bonchev–Trinajstić information content (AvgIpc) is 2.87. The zero-order valence-electron chi connectivity index (χ0n) is 10.3. The van der Waals surface area contributed by atoms with E-state index in [9.17, 15) is 0 Å². The lowest BCUT2D eigenvalue weighted by Gasteiger charge is -2.18. The van der Waals surface area contributed by atoms with Crippen LogP contribution >= 0.6 is 11.8 Å². The summed E-state index contributed by atoms with van der Waals surface area (Å²) >= 11 is 1.85. The Hall–Kier alpha value is -0.590. The van der Waals surface area contributed by atoms with Crippen LogP contribution in [0.15, 0.2) is 4.52 Å². The van der Waals surface area contributed by atoms with Gasteiger partial charge in [0.1, 0.15) is 6.10 Å². The number of thioether (sulfide) groups is 1. The molecule has 1 saturated heterocycles. The van der Waals surface area contributed by atoms with Crippen molar-refractivity contribution in [2.45, 2.75) is 38.3 Å². The highest BCUT2D eigenvalue weighted by Crippen LogP contribution is 2.26. The molecule has 0 aromatic carbocycles. The van der Waals surface area contributed by atoms with Gasteiger partial charge in [0, 0.05) is 17.5 Å². The van der Waals surface area contributed by atoms with E-state index in [4.69, 9.17) is 15.0 Å². The molecule has 2 rings (SSSR count).